The van der Waals surface area contributed by atoms with Gasteiger partial charge in [-0.2, -0.15) is 5.26 Å². The van der Waals surface area contributed by atoms with E-state index in [1.165, 1.54) is 13.2 Å². The Bertz CT molecular complexity index is 735. The molecule has 1 N–H and O–H groups in total. The zero-order valence-electron chi connectivity index (χ0n) is 12.7. The number of methoxy groups -OCH3 is 1. The molecule has 0 aromatic heterocycles. The lowest BCUT2D eigenvalue weighted by molar-refractivity contribution is -0.122. The van der Waals surface area contributed by atoms with Crippen LogP contribution >= 0.6 is 0 Å². The summed E-state index contributed by atoms with van der Waals surface area (Å²) in [7, 11) is 1.48. The first-order valence-corrected chi connectivity index (χ1v) is 7.05. The normalized spacial score (nSPS) is 11.1. The van der Waals surface area contributed by atoms with E-state index in [9.17, 15) is 14.9 Å². The molecule has 0 radical (unpaired) electrons. The fraction of sp³-hybridized carbons (Fsp3) is 0.167. The number of nitrogens with one attached hydrogen (secondary N) is 1. The van der Waals surface area contributed by atoms with Crippen molar-refractivity contribution in [3.8, 4) is 11.8 Å². The maximum absolute atomic E-state index is 12.4. The van der Waals surface area contributed by atoms with E-state index in [1.54, 1.807) is 24.3 Å². The first-order chi connectivity index (χ1) is 11.2. The van der Waals surface area contributed by atoms with Crippen LogP contribution in [-0.4, -0.2) is 18.8 Å². The lowest BCUT2D eigenvalue weighted by Gasteiger charge is -2.10. The Morgan fingerprint density at radius 2 is 1.91 bits per heavy atom. The molecule has 1 atom stereocenters. The van der Waals surface area contributed by atoms with E-state index in [0.29, 0.717) is 5.75 Å². The van der Waals surface area contributed by atoms with Gasteiger partial charge in [-0.1, -0.05) is 42.5 Å². The average Bonchev–Trinajstić information content (AvgIpc) is 2.61. The topological polar surface area (TPSA) is 79.2 Å². The molecule has 2 rings (SSSR count). The number of carbonyl (C=O) groups excluding carboxylic acids is 2. The summed E-state index contributed by atoms with van der Waals surface area (Å²) in [5.41, 5.74) is 1.16. The fourth-order valence-electron chi connectivity index (χ4n) is 2.07. The maximum atomic E-state index is 12.4. The smallest absolute Gasteiger partial charge is 0.245 e. The molecule has 0 bridgehead atoms. The molecule has 1 amide bonds. The van der Waals surface area contributed by atoms with Crippen LogP contribution in [0.25, 0.3) is 0 Å². The van der Waals surface area contributed by atoms with Gasteiger partial charge in [0.15, 0.2) is 11.7 Å². The molecule has 0 aliphatic carbocycles. The molecule has 5 heteroatoms. The number of amides is 1. The molecule has 2 aromatic carbocycles. The lowest BCUT2D eigenvalue weighted by Crippen LogP contribution is -2.34. The minimum absolute atomic E-state index is 0.267. The average molecular weight is 308 g/mol. The highest BCUT2D eigenvalue weighted by molar-refractivity contribution is 6.12. The predicted molar refractivity (Wildman–Crippen MR) is 84.7 cm³/mol. The summed E-state index contributed by atoms with van der Waals surface area (Å²) in [6.07, 6.45) is 0. The second-order valence-corrected chi connectivity index (χ2v) is 4.86. The van der Waals surface area contributed by atoms with Gasteiger partial charge in [0.2, 0.25) is 5.91 Å². The minimum atomic E-state index is -1.38. The minimum Gasteiger partial charge on any atom is -0.497 e. The highest BCUT2D eigenvalue weighted by atomic mass is 16.5. The molecule has 0 aliphatic rings. The summed E-state index contributed by atoms with van der Waals surface area (Å²) in [5, 5.41) is 11.8. The van der Waals surface area contributed by atoms with Gasteiger partial charge in [-0.05, 0) is 17.7 Å². The van der Waals surface area contributed by atoms with Crippen molar-refractivity contribution < 1.29 is 14.3 Å². The number of nitriles is 1. The summed E-state index contributed by atoms with van der Waals surface area (Å²) >= 11 is 0. The van der Waals surface area contributed by atoms with Crippen LogP contribution in [0.2, 0.25) is 0 Å². The van der Waals surface area contributed by atoms with E-state index >= 15 is 0 Å². The number of ketones is 1. The number of ether oxygens (including phenoxy) is 1. The zero-order valence-corrected chi connectivity index (χ0v) is 12.7. The van der Waals surface area contributed by atoms with Crippen molar-refractivity contribution in [1.29, 1.82) is 5.26 Å². The third-order valence-corrected chi connectivity index (χ3v) is 3.32. The van der Waals surface area contributed by atoms with E-state index in [4.69, 9.17) is 4.74 Å². The Morgan fingerprint density at radius 3 is 2.57 bits per heavy atom. The van der Waals surface area contributed by atoms with Gasteiger partial charge >= 0.3 is 0 Å². The van der Waals surface area contributed by atoms with Crippen LogP contribution in [0.15, 0.2) is 54.6 Å². The summed E-state index contributed by atoms with van der Waals surface area (Å²) in [4.78, 5) is 24.5. The highest BCUT2D eigenvalue weighted by Crippen LogP contribution is 2.16. The second-order valence-electron chi connectivity index (χ2n) is 4.86. The number of nitrogens with zero attached hydrogens (tertiary/aromatic N) is 1. The first kappa shape index (κ1) is 16.2. The lowest BCUT2D eigenvalue weighted by atomic mass is 9.98. The van der Waals surface area contributed by atoms with Crippen LogP contribution in [0.5, 0.6) is 5.75 Å². The summed E-state index contributed by atoms with van der Waals surface area (Å²) in [6, 6.07) is 17.4. The van der Waals surface area contributed by atoms with Crippen molar-refractivity contribution in [2.24, 2.45) is 5.92 Å². The number of carbonyl (C=O) groups is 2. The van der Waals surface area contributed by atoms with E-state index in [-0.39, 0.29) is 12.1 Å². The van der Waals surface area contributed by atoms with Crippen LogP contribution in [-0.2, 0) is 11.3 Å². The third kappa shape index (κ3) is 4.17. The molecule has 5 nitrogen and oxygen atoms in total. The Labute approximate surface area is 134 Å². The summed E-state index contributed by atoms with van der Waals surface area (Å²) in [5.74, 6) is -2.04. The molecule has 116 valence electrons. The number of hydrogen-bond acceptors (Lipinski definition) is 4. The molecule has 0 saturated carbocycles. The van der Waals surface area contributed by atoms with Crippen LogP contribution in [0.4, 0.5) is 0 Å². The molecule has 2 aromatic rings. The molecule has 0 fully saturated rings. The van der Waals surface area contributed by atoms with Crippen molar-refractivity contribution in [2.75, 3.05) is 7.11 Å². The van der Waals surface area contributed by atoms with Crippen LogP contribution in [0.3, 0.4) is 0 Å². The van der Waals surface area contributed by atoms with Crippen molar-refractivity contribution in [3.63, 3.8) is 0 Å². The van der Waals surface area contributed by atoms with Crippen LogP contribution in [0, 0.1) is 17.2 Å². The fourth-order valence-corrected chi connectivity index (χ4v) is 2.07. The Balaban J connectivity index is 2.07. The van der Waals surface area contributed by atoms with Gasteiger partial charge in [0, 0.05) is 12.1 Å². The third-order valence-electron chi connectivity index (χ3n) is 3.32. The Hall–Kier alpha value is -3.13. The Kier molecular flexibility index (Phi) is 5.48. The Morgan fingerprint density at radius 1 is 1.17 bits per heavy atom. The molecule has 0 saturated heterocycles. The molecule has 0 heterocycles. The van der Waals surface area contributed by atoms with Gasteiger partial charge in [-0.15, -0.1) is 0 Å². The molecule has 0 aliphatic heterocycles. The van der Waals surface area contributed by atoms with Crippen molar-refractivity contribution >= 4 is 11.7 Å². The molecular weight excluding hydrogens is 292 g/mol. The number of benzene rings is 2. The molecule has 0 spiro atoms. The quantitative estimate of drug-likeness (QED) is 0.656. The van der Waals surface area contributed by atoms with Crippen molar-refractivity contribution in [1.82, 2.24) is 5.32 Å². The largest absolute Gasteiger partial charge is 0.497 e. The van der Waals surface area contributed by atoms with Gasteiger partial charge in [0.1, 0.15) is 5.75 Å². The van der Waals surface area contributed by atoms with Gasteiger partial charge in [-0.25, -0.2) is 0 Å². The monoisotopic (exact) mass is 308 g/mol. The molecular formula is C18H16N2O3. The van der Waals surface area contributed by atoms with Crippen LogP contribution < -0.4 is 10.1 Å². The maximum Gasteiger partial charge on any atom is 0.245 e. The number of hydrogen-bond donors (Lipinski definition) is 1. The highest BCUT2D eigenvalue weighted by Gasteiger charge is 2.27. The van der Waals surface area contributed by atoms with E-state index in [2.05, 4.69) is 5.32 Å². The van der Waals surface area contributed by atoms with E-state index < -0.39 is 17.6 Å². The SMILES string of the molecule is COc1cccc(C(=O)[C@@H](C#N)C(=O)NCc2ccccc2)c1. The first-order valence-electron chi connectivity index (χ1n) is 7.05. The van der Waals surface area contributed by atoms with E-state index in [1.807, 2.05) is 30.3 Å². The van der Waals surface area contributed by atoms with Gasteiger partial charge < -0.3 is 10.1 Å². The zero-order chi connectivity index (χ0) is 16.7. The predicted octanol–water partition coefficient (Wildman–Crippen LogP) is 2.33. The van der Waals surface area contributed by atoms with Gasteiger partial charge in [0.25, 0.3) is 0 Å². The van der Waals surface area contributed by atoms with Crippen molar-refractivity contribution in [3.05, 3.63) is 65.7 Å². The van der Waals surface area contributed by atoms with E-state index in [0.717, 1.165) is 5.56 Å². The summed E-state index contributed by atoms with van der Waals surface area (Å²) in [6.45, 7) is 0.267. The van der Waals surface area contributed by atoms with Gasteiger partial charge in [-0.3, -0.25) is 9.59 Å². The summed E-state index contributed by atoms with van der Waals surface area (Å²) < 4.78 is 5.05. The second kappa shape index (κ2) is 7.76. The molecule has 23 heavy (non-hydrogen) atoms. The van der Waals surface area contributed by atoms with Crippen LogP contribution in [0.1, 0.15) is 15.9 Å². The van der Waals surface area contributed by atoms with Crippen molar-refractivity contribution in [2.45, 2.75) is 6.54 Å². The standard InChI is InChI=1S/C18H16N2O3/c1-23-15-9-5-8-14(10-15)17(21)16(11-19)18(22)20-12-13-6-3-2-4-7-13/h2-10,16H,12H2,1H3,(H,20,22)/t16-/m1/s1. The van der Waals surface area contributed by atoms with Gasteiger partial charge in [0.05, 0.1) is 13.2 Å². The number of Topliss-reactive ketones (excluding diaryl/α,β-unsaturated/α-hetero) is 1. The number of rotatable bonds is 6. The molecule has 0 unspecified atom stereocenters.